The lowest BCUT2D eigenvalue weighted by molar-refractivity contribution is 0.0526. The quantitative estimate of drug-likeness (QED) is 0.478. The smallest absolute Gasteiger partial charge is 0.342 e. The number of carbonyl (C=O) groups is 1. The van der Waals surface area contributed by atoms with Gasteiger partial charge in [0, 0.05) is 5.56 Å². The van der Waals surface area contributed by atoms with E-state index in [4.69, 9.17) is 13.6 Å². The standard InChI is InChI=1S/C21H19N3O5/c1-4-27-21(26)16-13(3)29-19-17(16)20(25)24(11-22-19)9-15-10-28-18(23-15)14-7-5-12(2)6-8-14/h5-8,10-11H,4,9H2,1-3H3. The summed E-state index contributed by atoms with van der Waals surface area (Å²) in [6, 6.07) is 7.79. The van der Waals surface area contributed by atoms with Crippen LogP contribution in [0.5, 0.6) is 0 Å². The van der Waals surface area contributed by atoms with Gasteiger partial charge >= 0.3 is 5.97 Å². The average molecular weight is 393 g/mol. The molecule has 148 valence electrons. The van der Waals surface area contributed by atoms with E-state index in [1.807, 2.05) is 31.2 Å². The van der Waals surface area contributed by atoms with Crippen LogP contribution >= 0.6 is 0 Å². The molecule has 0 spiro atoms. The highest BCUT2D eigenvalue weighted by atomic mass is 16.5. The van der Waals surface area contributed by atoms with Crippen molar-refractivity contribution in [2.24, 2.45) is 0 Å². The molecule has 0 N–H and O–H groups in total. The van der Waals surface area contributed by atoms with E-state index in [1.165, 1.54) is 17.2 Å². The van der Waals surface area contributed by atoms with Crippen molar-refractivity contribution in [2.75, 3.05) is 6.61 Å². The summed E-state index contributed by atoms with van der Waals surface area (Å²) in [4.78, 5) is 33.9. The summed E-state index contributed by atoms with van der Waals surface area (Å²) in [5, 5.41) is 0.103. The number of aromatic nitrogens is 3. The van der Waals surface area contributed by atoms with Gasteiger partial charge in [0.05, 0.1) is 18.8 Å². The number of fused-ring (bicyclic) bond motifs is 1. The van der Waals surface area contributed by atoms with E-state index >= 15 is 0 Å². The minimum absolute atomic E-state index is 0.103. The highest BCUT2D eigenvalue weighted by molar-refractivity contribution is 6.03. The lowest BCUT2D eigenvalue weighted by atomic mass is 10.1. The summed E-state index contributed by atoms with van der Waals surface area (Å²) in [6.07, 6.45) is 2.86. The maximum atomic E-state index is 13.0. The van der Waals surface area contributed by atoms with Crippen LogP contribution in [0.2, 0.25) is 0 Å². The molecule has 0 aliphatic carbocycles. The molecule has 0 saturated carbocycles. The Bertz CT molecular complexity index is 1250. The van der Waals surface area contributed by atoms with Gasteiger partial charge in [-0.2, -0.15) is 0 Å². The first-order valence-electron chi connectivity index (χ1n) is 9.15. The SMILES string of the molecule is CCOC(=O)c1c(C)oc2ncn(Cc3coc(-c4ccc(C)cc4)n3)c(=O)c12. The molecule has 4 aromatic rings. The third kappa shape index (κ3) is 3.44. The van der Waals surface area contributed by atoms with Crippen molar-refractivity contribution in [1.29, 1.82) is 0 Å². The first-order valence-corrected chi connectivity index (χ1v) is 9.15. The highest BCUT2D eigenvalue weighted by Crippen LogP contribution is 2.22. The van der Waals surface area contributed by atoms with Crippen LogP contribution in [0, 0.1) is 13.8 Å². The maximum absolute atomic E-state index is 13.0. The van der Waals surface area contributed by atoms with Gasteiger partial charge in [-0.3, -0.25) is 9.36 Å². The van der Waals surface area contributed by atoms with Crippen LogP contribution in [0.1, 0.15) is 34.3 Å². The largest absolute Gasteiger partial charge is 0.462 e. The summed E-state index contributed by atoms with van der Waals surface area (Å²) < 4.78 is 17.4. The summed E-state index contributed by atoms with van der Waals surface area (Å²) in [5.41, 5.74) is 2.34. The first-order chi connectivity index (χ1) is 14.0. The molecule has 0 amide bonds. The number of hydrogen-bond acceptors (Lipinski definition) is 7. The van der Waals surface area contributed by atoms with E-state index < -0.39 is 11.5 Å². The molecule has 29 heavy (non-hydrogen) atoms. The fourth-order valence-corrected chi connectivity index (χ4v) is 3.08. The van der Waals surface area contributed by atoms with Gasteiger partial charge in [-0.25, -0.2) is 14.8 Å². The third-order valence-electron chi connectivity index (χ3n) is 4.52. The molecule has 0 fully saturated rings. The number of benzene rings is 1. The van der Waals surface area contributed by atoms with Crippen LogP contribution in [0.25, 0.3) is 22.6 Å². The Kier molecular flexibility index (Phi) is 4.75. The fraction of sp³-hybridized carbons (Fsp3) is 0.238. The van der Waals surface area contributed by atoms with Gasteiger partial charge in [-0.05, 0) is 32.9 Å². The zero-order chi connectivity index (χ0) is 20.5. The number of ether oxygens (including phenoxy) is 1. The average Bonchev–Trinajstić information content (AvgIpc) is 3.29. The number of nitrogens with zero attached hydrogens (tertiary/aromatic N) is 3. The van der Waals surface area contributed by atoms with Crippen molar-refractivity contribution in [3.63, 3.8) is 0 Å². The number of esters is 1. The van der Waals surface area contributed by atoms with Crippen LogP contribution in [0.15, 0.2) is 50.5 Å². The van der Waals surface area contributed by atoms with Crippen LogP contribution in [0.4, 0.5) is 0 Å². The van der Waals surface area contributed by atoms with E-state index in [0.29, 0.717) is 17.3 Å². The van der Waals surface area contributed by atoms with Crippen molar-refractivity contribution in [3.8, 4) is 11.5 Å². The first kappa shape index (κ1) is 18.7. The zero-order valence-electron chi connectivity index (χ0n) is 16.3. The van der Waals surface area contributed by atoms with Gasteiger partial charge in [0.15, 0.2) is 0 Å². The molecule has 0 aliphatic rings. The van der Waals surface area contributed by atoms with Crippen LogP contribution in [-0.4, -0.2) is 27.1 Å². The molecule has 8 nitrogen and oxygen atoms in total. The van der Waals surface area contributed by atoms with Crippen molar-refractivity contribution in [2.45, 2.75) is 27.3 Å². The Morgan fingerprint density at radius 1 is 1.21 bits per heavy atom. The fourth-order valence-electron chi connectivity index (χ4n) is 3.08. The van der Waals surface area contributed by atoms with E-state index in [-0.39, 0.29) is 29.8 Å². The minimum atomic E-state index is -0.608. The molecule has 3 aromatic heterocycles. The summed E-state index contributed by atoms with van der Waals surface area (Å²) in [5.74, 6) is 0.154. The lowest BCUT2D eigenvalue weighted by Crippen LogP contribution is -2.22. The number of furan rings is 1. The molecule has 3 heterocycles. The summed E-state index contributed by atoms with van der Waals surface area (Å²) >= 11 is 0. The molecule has 0 radical (unpaired) electrons. The van der Waals surface area contributed by atoms with Gasteiger partial charge in [-0.1, -0.05) is 17.7 Å². The number of rotatable bonds is 5. The Hall–Kier alpha value is -3.68. The Morgan fingerprint density at radius 3 is 2.69 bits per heavy atom. The molecule has 0 unspecified atom stereocenters. The molecule has 0 bridgehead atoms. The van der Waals surface area contributed by atoms with Crippen LogP contribution in [0.3, 0.4) is 0 Å². The van der Waals surface area contributed by atoms with Crippen molar-refractivity contribution in [1.82, 2.24) is 14.5 Å². The molecule has 1 aromatic carbocycles. The van der Waals surface area contributed by atoms with Crippen LogP contribution < -0.4 is 5.56 Å². The van der Waals surface area contributed by atoms with Gasteiger partial charge < -0.3 is 13.6 Å². The van der Waals surface area contributed by atoms with Crippen molar-refractivity contribution in [3.05, 3.63) is 69.8 Å². The Labute approximate surface area is 165 Å². The molecular formula is C21H19N3O5. The van der Waals surface area contributed by atoms with Gasteiger partial charge in [-0.15, -0.1) is 0 Å². The van der Waals surface area contributed by atoms with E-state index in [9.17, 15) is 9.59 Å². The predicted octanol–water partition coefficient (Wildman–Crippen LogP) is 3.49. The molecule has 0 atom stereocenters. The third-order valence-corrected chi connectivity index (χ3v) is 4.52. The second-order valence-electron chi connectivity index (χ2n) is 6.62. The molecule has 0 saturated heterocycles. The molecule has 0 aliphatic heterocycles. The molecule has 8 heteroatoms. The number of aryl methyl sites for hydroxylation is 2. The Balaban J connectivity index is 1.69. The second kappa shape index (κ2) is 7.38. The van der Waals surface area contributed by atoms with E-state index in [2.05, 4.69) is 9.97 Å². The Morgan fingerprint density at radius 2 is 1.97 bits per heavy atom. The van der Waals surface area contributed by atoms with E-state index in [1.54, 1.807) is 13.8 Å². The zero-order valence-corrected chi connectivity index (χ0v) is 16.3. The molecular weight excluding hydrogens is 374 g/mol. The maximum Gasteiger partial charge on any atom is 0.342 e. The summed E-state index contributed by atoms with van der Waals surface area (Å²) in [6.45, 7) is 5.64. The number of hydrogen-bond donors (Lipinski definition) is 0. The lowest BCUT2D eigenvalue weighted by Gasteiger charge is -2.03. The highest BCUT2D eigenvalue weighted by Gasteiger charge is 2.24. The summed E-state index contributed by atoms with van der Waals surface area (Å²) in [7, 11) is 0. The topological polar surface area (TPSA) is 100 Å². The number of oxazole rings is 1. The van der Waals surface area contributed by atoms with Crippen molar-refractivity contribution >= 4 is 17.1 Å². The van der Waals surface area contributed by atoms with Gasteiger partial charge in [0.2, 0.25) is 11.6 Å². The van der Waals surface area contributed by atoms with Crippen LogP contribution in [-0.2, 0) is 11.3 Å². The minimum Gasteiger partial charge on any atom is -0.462 e. The van der Waals surface area contributed by atoms with E-state index in [0.717, 1.165) is 11.1 Å². The van der Waals surface area contributed by atoms with Crippen molar-refractivity contribution < 1.29 is 18.4 Å². The predicted molar refractivity (Wildman–Crippen MR) is 105 cm³/mol. The second-order valence-corrected chi connectivity index (χ2v) is 6.62. The monoisotopic (exact) mass is 393 g/mol. The molecule has 4 rings (SSSR count). The normalized spacial score (nSPS) is 11.1. The van der Waals surface area contributed by atoms with Gasteiger partial charge in [0.1, 0.15) is 29.3 Å². The van der Waals surface area contributed by atoms with Gasteiger partial charge in [0.25, 0.3) is 5.56 Å². The number of carbonyl (C=O) groups excluding carboxylic acids is 1.